The predicted octanol–water partition coefficient (Wildman–Crippen LogP) is 14.0. The van der Waals surface area contributed by atoms with Gasteiger partial charge in [0.1, 0.15) is 0 Å². The Kier molecular flexibility index (Phi) is 6.78. The molecule has 0 aromatic heterocycles. The summed E-state index contributed by atoms with van der Waals surface area (Å²) in [6.45, 7) is 15.8. The molecule has 0 amide bonds. The van der Waals surface area contributed by atoms with Crippen LogP contribution >= 0.6 is 0 Å². The molecule has 7 aromatic carbocycles. The van der Waals surface area contributed by atoms with E-state index in [2.05, 4.69) is 203 Å². The van der Waals surface area contributed by atoms with Gasteiger partial charge in [0.25, 0.3) is 6.71 Å². The molecule has 318 valence electrons. The number of anilines is 6. The highest BCUT2D eigenvalue weighted by molar-refractivity contribution is 7.01. The molecule has 15 rings (SSSR count). The van der Waals surface area contributed by atoms with Crippen molar-refractivity contribution in [1.82, 2.24) is 0 Å². The van der Waals surface area contributed by atoms with Crippen molar-refractivity contribution < 1.29 is 0 Å². The molecule has 0 N–H and O–H groups in total. The smallest absolute Gasteiger partial charge is 0.252 e. The molecule has 7 aromatic rings. The Morgan fingerprint density at radius 2 is 0.954 bits per heavy atom. The molecule has 3 heteroatoms. The first-order chi connectivity index (χ1) is 31.5. The number of rotatable bonds is 2. The third-order valence-electron chi connectivity index (χ3n) is 21.5. The Labute approximate surface area is 385 Å². The molecule has 4 bridgehead atoms. The molecular formula is C62H57BN2. The van der Waals surface area contributed by atoms with Crippen LogP contribution < -0.4 is 26.2 Å². The van der Waals surface area contributed by atoms with Crippen molar-refractivity contribution in [3.63, 3.8) is 0 Å². The van der Waals surface area contributed by atoms with Gasteiger partial charge in [-0.2, -0.15) is 0 Å². The van der Waals surface area contributed by atoms with Crippen LogP contribution in [-0.2, 0) is 10.8 Å². The Balaban J connectivity index is 1.03. The first kappa shape index (κ1) is 37.4. The van der Waals surface area contributed by atoms with Gasteiger partial charge in [0.15, 0.2) is 0 Å². The van der Waals surface area contributed by atoms with Crippen molar-refractivity contribution in [1.29, 1.82) is 0 Å². The lowest BCUT2D eigenvalue weighted by atomic mass is 9.32. The topological polar surface area (TPSA) is 6.48 Å². The standard InChI is InChI=1S/C62H57BN2/c1-57(2)38-31-33-59(57,5)61(36-38)45-21-12-10-19-42(45)44-35-41(27-28-47(44)61)65-52-26-16-25-51-55(52)63(49-23-14-15-24-50(49)64(51)40-17-8-7-9-18-40)56-53(65)30-29-48-54(56)43-20-11-13-22-46(43)62(48)37-39-32-34-60(62,6)58(39,3)4/h7-30,35,38-39H,31-34,36-37H2,1-6H3/t38?,39?,59?,60?,61-,62+/m1/s1. The second-order valence-electron chi connectivity index (χ2n) is 23.2. The van der Waals surface area contributed by atoms with Gasteiger partial charge in [0.2, 0.25) is 0 Å². The van der Waals surface area contributed by atoms with Crippen LogP contribution in [0.1, 0.15) is 102 Å². The molecule has 6 aliphatic carbocycles. The summed E-state index contributed by atoms with van der Waals surface area (Å²) in [5, 5.41) is 0. The number of hydrogen-bond donors (Lipinski definition) is 0. The molecule has 4 fully saturated rings. The second kappa shape index (κ2) is 11.8. The van der Waals surface area contributed by atoms with Crippen LogP contribution in [0.4, 0.5) is 34.1 Å². The van der Waals surface area contributed by atoms with E-state index >= 15 is 0 Å². The lowest BCUT2D eigenvalue weighted by Gasteiger charge is -2.49. The number of para-hydroxylation sites is 2. The zero-order valence-electron chi connectivity index (χ0n) is 38.8. The minimum absolute atomic E-state index is 0.0224. The number of fused-ring (bicyclic) bond motifs is 21. The largest absolute Gasteiger partial charge is 0.311 e. The van der Waals surface area contributed by atoms with Crippen molar-refractivity contribution in [3.05, 3.63) is 174 Å². The van der Waals surface area contributed by atoms with Crippen LogP contribution in [0.25, 0.3) is 22.3 Å². The first-order valence-electron chi connectivity index (χ1n) is 24.9. The van der Waals surface area contributed by atoms with Gasteiger partial charge in [-0.3, -0.25) is 0 Å². The zero-order valence-corrected chi connectivity index (χ0v) is 38.8. The monoisotopic (exact) mass is 840 g/mol. The molecule has 2 nitrogen and oxygen atoms in total. The van der Waals surface area contributed by atoms with Crippen LogP contribution in [0, 0.1) is 33.5 Å². The molecule has 65 heavy (non-hydrogen) atoms. The average Bonchev–Trinajstić information content (AvgIpc) is 4.02. The zero-order chi connectivity index (χ0) is 43.6. The Morgan fingerprint density at radius 1 is 0.431 bits per heavy atom. The van der Waals surface area contributed by atoms with E-state index in [0.29, 0.717) is 5.92 Å². The van der Waals surface area contributed by atoms with Gasteiger partial charge in [0.05, 0.1) is 0 Å². The molecule has 4 saturated carbocycles. The van der Waals surface area contributed by atoms with Gasteiger partial charge < -0.3 is 9.80 Å². The molecule has 8 aliphatic rings. The Bertz CT molecular complexity index is 3270. The molecule has 0 saturated heterocycles. The molecule has 6 atom stereocenters. The van der Waals surface area contributed by atoms with E-state index in [1.54, 1.807) is 22.3 Å². The van der Waals surface area contributed by atoms with Crippen molar-refractivity contribution in [2.24, 2.45) is 33.5 Å². The van der Waals surface area contributed by atoms with E-state index in [4.69, 9.17) is 0 Å². The van der Waals surface area contributed by atoms with Crippen molar-refractivity contribution >= 4 is 57.2 Å². The summed E-state index contributed by atoms with van der Waals surface area (Å²) in [4.78, 5) is 5.24. The minimum Gasteiger partial charge on any atom is -0.311 e. The third kappa shape index (κ3) is 3.90. The van der Waals surface area contributed by atoms with Crippen LogP contribution in [0.3, 0.4) is 0 Å². The highest BCUT2D eigenvalue weighted by Crippen LogP contribution is 2.79. The van der Waals surface area contributed by atoms with Crippen molar-refractivity contribution in [2.75, 3.05) is 9.80 Å². The fraction of sp³-hybridized carbons (Fsp3) is 0.323. The highest BCUT2D eigenvalue weighted by atomic mass is 15.2. The van der Waals surface area contributed by atoms with Gasteiger partial charge in [-0.1, -0.05) is 145 Å². The molecule has 2 heterocycles. The van der Waals surface area contributed by atoms with Crippen LogP contribution in [-0.4, -0.2) is 6.71 Å². The van der Waals surface area contributed by atoms with Crippen LogP contribution in [0.2, 0.25) is 0 Å². The van der Waals surface area contributed by atoms with Crippen LogP contribution in [0.5, 0.6) is 0 Å². The van der Waals surface area contributed by atoms with Gasteiger partial charge >= 0.3 is 0 Å². The summed E-state index contributed by atoms with van der Waals surface area (Å²) in [5.41, 5.74) is 24.9. The van der Waals surface area contributed by atoms with Crippen molar-refractivity contribution in [3.8, 4) is 22.3 Å². The Hall–Kier alpha value is -5.80. The maximum Gasteiger partial charge on any atom is 0.252 e. The van der Waals surface area contributed by atoms with Gasteiger partial charge in [0, 0.05) is 45.0 Å². The molecule has 2 spiro atoms. The number of nitrogens with zero attached hydrogens (tertiary/aromatic N) is 2. The summed E-state index contributed by atoms with van der Waals surface area (Å²) in [5.74, 6) is 1.45. The SMILES string of the molecule is CC1(C)C2CCC1(C)[C@]1(C2)c2ccccc2-c2cc(N3c4cccc5c4B(c4ccccc4N5c4ccccc4)c4c3ccc3c4-c4ccccc4[C@@]34CC3CCC4(C)C3(C)C)ccc21. The summed E-state index contributed by atoms with van der Waals surface area (Å²) >= 11 is 0. The van der Waals surface area contributed by atoms with E-state index in [1.165, 1.54) is 111 Å². The predicted molar refractivity (Wildman–Crippen MR) is 271 cm³/mol. The molecule has 0 radical (unpaired) electrons. The Morgan fingerprint density at radius 3 is 1.62 bits per heavy atom. The third-order valence-corrected chi connectivity index (χ3v) is 21.5. The van der Waals surface area contributed by atoms with E-state index in [9.17, 15) is 0 Å². The molecule has 4 unspecified atom stereocenters. The van der Waals surface area contributed by atoms with Gasteiger partial charge in [-0.25, -0.2) is 0 Å². The summed E-state index contributed by atoms with van der Waals surface area (Å²) < 4.78 is 0. The highest BCUT2D eigenvalue weighted by Gasteiger charge is 2.73. The summed E-state index contributed by atoms with van der Waals surface area (Å²) in [6, 6.07) is 59.7. The van der Waals surface area contributed by atoms with Crippen molar-refractivity contribution in [2.45, 2.75) is 90.9 Å². The normalized spacial score (nSPS) is 30.0. The van der Waals surface area contributed by atoms with E-state index in [1.807, 2.05) is 0 Å². The fourth-order valence-electron chi connectivity index (χ4n) is 17.7. The molecule has 2 aliphatic heterocycles. The van der Waals surface area contributed by atoms with E-state index < -0.39 is 0 Å². The first-order valence-corrected chi connectivity index (χ1v) is 24.9. The summed E-state index contributed by atoms with van der Waals surface area (Å²) in [6.07, 6.45) is 7.74. The number of hydrogen-bond acceptors (Lipinski definition) is 2. The lowest BCUT2D eigenvalue weighted by Crippen LogP contribution is -2.62. The average molecular weight is 841 g/mol. The molecular weight excluding hydrogens is 784 g/mol. The quantitative estimate of drug-likeness (QED) is 0.160. The fourth-order valence-corrected chi connectivity index (χ4v) is 17.7. The lowest BCUT2D eigenvalue weighted by molar-refractivity contribution is 0.0990. The maximum absolute atomic E-state index is 2.70. The second-order valence-corrected chi connectivity index (χ2v) is 23.2. The number of benzene rings is 7. The minimum atomic E-state index is -0.0224. The van der Waals surface area contributed by atoms with E-state index in [-0.39, 0.29) is 39.2 Å². The van der Waals surface area contributed by atoms with Gasteiger partial charge in [-0.15, -0.1) is 0 Å². The van der Waals surface area contributed by atoms with E-state index in [0.717, 1.165) is 5.92 Å². The maximum atomic E-state index is 2.70. The summed E-state index contributed by atoms with van der Waals surface area (Å²) in [7, 11) is 0. The van der Waals surface area contributed by atoms with Crippen LogP contribution in [0.15, 0.2) is 152 Å². The van der Waals surface area contributed by atoms with Gasteiger partial charge in [-0.05, 0) is 181 Å².